The van der Waals surface area contributed by atoms with Crippen molar-refractivity contribution < 1.29 is 4.74 Å². The second kappa shape index (κ2) is 5.09. The summed E-state index contributed by atoms with van der Waals surface area (Å²) in [5.41, 5.74) is 5.72. The summed E-state index contributed by atoms with van der Waals surface area (Å²) >= 11 is 0. The molecule has 0 aliphatic carbocycles. The molecule has 1 aliphatic rings. The summed E-state index contributed by atoms with van der Waals surface area (Å²) in [6.07, 6.45) is 5.67. The molecule has 0 bridgehead atoms. The summed E-state index contributed by atoms with van der Waals surface area (Å²) in [5.74, 6) is 0.705. The van der Waals surface area contributed by atoms with E-state index in [0.717, 1.165) is 31.8 Å². The molecule has 0 amide bonds. The molecule has 0 saturated carbocycles. The summed E-state index contributed by atoms with van der Waals surface area (Å²) in [6, 6.07) is 0. The number of rotatable bonds is 4. The van der Waals surface area contributed by atoms with Gasteiger partial charge in [-0.1, -0.05) is 0 Å². The molecule has 1 unspecified atom stereocenters. The lowest BCUT2D eigenvalue weighted by molar-refractivity contribution is 0.116. The van der Waals surface area contributed by atoms with Gasteiger partial charge < -0.3 is 15.4 Å². The van der Waals surface area contributed by atoms with Crippen LogP contribution in [0.4, 0.5) is 5.82 Å². The lowest BCUT2D eigenvalue weighted by Crippen LogP contribution is -2.29. The van der Waals surface area contributed by atoms with E-state index in [0.29, 0.717) is 5.69 Å². The van der Waals surface area contributed by atoms with Gasteiger partial charge in [0, 0.05) is 20.2 Å². The number of nitrogens with two attached hydrogens (primary N) is 1. The molecular formula is C11H17N5O. The number of ether oxygens (including phenoxy) is 1. The maximum Gasteiger partial charge on any atom is 0.146 e. The molecule has 92 valence electrons. The number of hydrogen-bond acceptors (Lipinski definition) is 5. The van der Waals surface area contributed by atoms with E-state index in [-0.39, 0.29) is 11.9 Å². The van der Waals surface area contributed by atoms with Gasteiger partial charge in [0.25, 0.3) is 0 Å². The normalized spacial score (nSPS) is 19.2. The predicted octanol–water partition coefficient (Wildman–Crippen LogP) is 0.376. The minimum Gasteiger partial charge on any atom is -0.382 e. The summed E-state index contributed by atoms with van der Waals surface area (Å²) in [4.78, 5) is 10.3. The van der Waals surface area contributed by atoms with Gasteiger partial charge in [-0.25, -0.2) is 9.97 Å². The van der Waals surface area contributed by atoms with Crippen LogP contribution in [0.5, 0.6) is 0 Å². The van der Waals surface area contributed by atoms with Crippen molar-refractivity contribution >= 4 is 11.7 Å². The summed E-state index contributed by atoms with van der Waals surface area (Å²) in [5, 5.41) is 7.24. The van der Waals surface area contributed by atoms with E-state index >= 15 is 0 Å². The van der Waals surface area contributed by atoms with Gasteiger partial charge in [0.2, 0.25) is 0 Å². The van der Waals surface area contributed by atoms with E-state index in [4.69, 9.17) is 15.9 Å². The zero-order valence-electron chi connectivity index (χ0n) is 9.89. The molecule has 0 radical (unpaired) electrons. The average molecular weight is 235 g/mol. The van der Waals surface area contributed by atoms with Gasteiger partial charge in [0.05, 0.1) is 18.5 Å². The number of anilines is 1. The molecule has 2 rings (SSSR count). The number of hydrogen-bond donors (Lipinski definition) is 2. The zero-order chi connectivity index (χ0) is 12.3. The van der Waals surface area contributed by atoms with E-state index in [9.17, 15) is 0 Å². The van der Waals surface area contributed by atoms with Gasteiger partial charge in [0.15, 0.2) is 0 Å². The molecule has 17 heavy (non-hydrogen) atoms. The van der Waals surface area contributed by atoms with Crippen LogP contribution in [0, 0.1) is 5.41 Å². The first-order chi connectivity index (χ1) is 8.16. The quantitative estimate of drug-likeness (QED) is 0.581. The fraction of sp³-hybridized carbons (Fsp3) is 0.545. The minimum atomic E-state index is -0.0640. The molecule has 1 aliphatic heterocycles. The lowest BCUT2D eigenvalue weighted by Gasteiger charge is -2.21. The summed E-state index contributed by atoms with van der Waals surface area (Å²) < 4.78 is 5.56. The van der Waals surface area contributed by atoms with E-state index < -0.39 is 0 Å². The Balaban J connectivity index is 1.98. The van der Waals surface area contributed by atoms with E-state index in [1.807, 2.05) is 11.9 Å². The van der Waals surface area contributed by atoms with Crippen molar-refractivity contribution in [3.63, 3.8) is 0 Å². The molecule has 1 fully saturated rings. The zero-order valence-corrected chi connectivity index (χ0v) is 9.89. The molecule has 0 aromatic carbocycles. The monoisotopic (exact) mass is 235 g/mol. The SMILES string of the molecule is CN(CC1CCCO1)c1cnc(C(=N)N)cn1. The van der Waals surface area contributed by atoms with Crippen molar-refractivity contribution in [3.8, 4) is 0 Å². The minimum absolute atomic E-state index is 0.0640. The molecule has 2 heterocycles. The molecule has 0 spiro atoms. The van der Waals surface area contributed by atoms with Gasteiger partial charge in [0.1, 0.15) is 17.3 Å². The van der Waals surface area contributed by atoms with E-state index in [1.54, 1.807) is 6.20 Å². The standard InChI is InChI=1S/C11H17N5O/c1-16(7-8-3-2-4-17-8)10-6-14-9(5-15-10)11(12)13/h5-6,8H,2-4,7H2,1H3,(H3,12,13). The average Bonchev–Trinajstić information content (AvgIpc) is 2.82. The van der Waals surface area contributed by atoms with Gasteiger partial charge >= 0.3 is 0 Å². The van der Waals surface area contributed by atoms with Crippen molar-refractivity contribution in [1.29, 1.82) is 5.41 Å². The first-order valence-electron chi connectivity index (χ1n) is 5.66. The number of nitrogens with zero attached hydrogens (tertiary/aromatic N) is 3. The Hall–Kier alpha value is -1.69. The molecule has 6 nitrogen and oxygen atoms in total. The molecule has 1 aromatic rings. The predicted molar refractivity (Wildman–Crippen MR) is 65.3 cm³/mol. The summed E-state index contributed by atoms with van der Waals surface area (Å²) in [6.45, 7) is 1.67. The van der Waals surface area contributed by atoms with Gasteiger partial charge in [-0.2, -0.15) is 0 Å². The number of nitrogens with one attached hydrogen (secondary N) is 1. The third-order valence-electron chi connectivity index (χ3n) is 2.81. The van der Waals surface area contributed by atoms with Crippen LogP contribution < -0.4 is 10.6 Å². The van der Waals surface area contributed by atoms with Crippen molar-refractivity contribution in [2.45, 2.75) is 18.9 Å². The second-order valence-electron chi connectivity index (χ2n) is 4.19. The number of aromatic nitrogens is 2. The highest BCUT2D eigenvalue weighted by molar-refractivity contribution is 5.92. The Labute approximate surface area is 100 Å². The molecule has 3 N–H and O–H groups in total. The van der Waals surface area contributed by atoms with Gasteiger partial charge in [-0.05, 0) is 12.8 Å². The fourth-order valence-corrected chi connectivity index (χ4v) is 1.84. The van der Waals surface area contributed by atoms with Crippen LogP contribution in [0.2, 0.25) is 0 Å². The van der Waals surface area contributed by atoms with Crippen LogP contribution in [0.3, 0.4) is 0 Å². The maximum atomic E-state index is 7.24. The molecule has 1 saturated heterocycles. The highest BCUT2D eigenvalue weighted by Crippen LogP contribution is 2.15. The summed E-state index contributed by atoms with van der Waals surface area (Å²) in [7, 11) is 1.96. The number of likely N-dealkylation sites (N-methyl/N-ethyl adjacent to an activating group) is 1. The van der Waals surface area contributed by atoms with Crippen molar-refractivity contribution in [3.05, 3.63) is 18.1 Å². The molecular weight excluding hydrogens is 218 g/mol. The first kappa shape index (κ1) is 11.8. The van der Waals surface area contributed by atoms with Crippen LogP contribution >= 0.6 is 0 Å². The largest absolute Gasteiger partial charge is 0.382 e. The third-order valence-corrected chi connectivity index (χ3v) is 2.81. The Bertz CT molecular complexity index is 385. The molecule has 1 atom stereocenters. The Morgan fingerprint density at radius 1 is 1.59 bits per heavy atom. The van der Waals surface area contributed by atoms with Gasteiger partial charge in [-0.15, -0.1) is 0 Å². The Morgan fingerprint density at radius 2 is 2.41 bits per heavy atom. The third kappa shape index (κ3) is 2.91. The van der Waals surface area contributed by atoms with Gasteiger partial charge in [-0.3, -0.25) is 5.41 Å². The van der Waals surface area contributed by atoms with Crippen molar-refractivity contribution in [1.82, 2.24) is 9.97 Å². The van der Waals surface area contributed by atoms with Crippen molar-refractivity contribution in [2.24, 2.45) is 5.73 Å². The Morgan fingerprint density at radius 3 is 2.94 bits per heavy atom. The maximum absolute atomic E-state index is 7.24. The smallest absolute Gasteiger partial charge is 0.146 e. The fourth-order valence-electron chi connectivity index (χ4n) is 1.84. The lowest BCUT2D eigenvalue weighted by atomic mass is 10.2. The second-order valence-corrected chi connectivity index (χ2v) is 4.19. The van der Waals surface area contributed by atoms with Crippen LogP contribution in [0.25, 0.3) is 0 Å². The topological polar surface area (TPSA) is 88.1 Å². The van der Waals surface area contributed by atoms with E-state index in [1.165, 1.54) is 6.20 Å². The van der Waals surface area contributed by atoms with E-state index in [2.05, 4.69) is 9.97 Å². The number of nitrogen functional groups attached to an aromatic ring is 1. The first-order valence-corrected chi connectivity index (χ1v) is 5.66. The highest BCUT2D eigenvalue weighted by Gasteiger charge is 2.18. The van der Waals surface area contributed by atoms with Crippen LogP contribution in [0.1, 0.15) is 18.5 Å². The number of amidine groups is 1. The highest BCUT2D eigenvalue weighted by atomic mass is 16.5. The van der Waals surface area contributed by atoms with Crippen LogP contribution in [-0.2, 0) is 4.74 Å². The van der Waals surface area contributed by atoms with Crippen molar-refractivity contribution in [2.75, 3.05) is 25.1 Å². The van der Waals surface area contributed by atoms with Crippen LogP contribution in [0.15, 0.2) is 12.4 Å². The van der Waals surface area contributed by atoms with Crippen LogP contribution in [-0.4, -0.2) is 42.1 Å². The molecule has 1 aromatic heterocycles. The molecule has 6 heteroatoms. The Kier molecular flexibility index (Phi) is 3.53.